The van der Waals surface area contributed by atoms with Gasteiger partial charge in [0.25, 0.3) is 0 Å². The lowest BCUT2D eigenvalue weighted by atomic mass is 9.98. The number of piperidine rings is 1. The van der Waals surface area contributed by atoms with E-state index < -0.39 is 11.7 Å². The topological polar surface area (TPSA) is 56.8 Å². The average molecular weight is 467 g/mol. The summed E-state index contributed by atoms with van der Waals surface area (Å²) in [6.45, 7) is 3.83. The van der Waals surface area contributed by atoms with Gasteiger partial charge in [-0.15, -0.1) is 0 Å². The molecule has 3 aliphatic heterocycles. The van der Waals surface area contributed by atoms with Crippen molar-refractivity contribution >= 4 is 17.2 Å². The predicted octanol–water partition coefficient (Wildman–Crippen LogP) is 5.05. The molecule has 2 unspecified atom stereocenters. The molecule has 6 nitrogen and oxygen atoms in total. The fraction of sp³-hybridized carbons (Fsp3) is 0.360. The zero-order valence-corrected chi connectivity index (χ0v) is 18.6. The first-order chi connectivity index (χ1) is 16.4. The number of halogens is 3. The number of epoxide rings is 1. The number of hydrogen-bond donors (Lipinski definition) is 1. The lowest BCUT2D eigenvalue weighted by Gasteiger charge is -2.46. The monoisotopic (exact) mass is 467 g/mol. The zero-order chi connectivity index (χ0) is 23.4. The third-order valence-corrected chi connectivity index (χ3v) is 6.78. The summed E-state index contributed by atoms with van der Waals surface area (Å²) in [7, 11) is 0. The number of nitrogens with zero attached hydrogens (tertiary/aromatic N) is 4. The molecule has 9 heteroatoms. The van der Waals surface area contributed by atoms with Crippen molar-refractivity contribution in [3.8, 4) is 11.3 Å². The van der Waals surface area contributed by atoms with Crippen LogP contribution < -0.4 is 15.1 Å². The fourth-order valence-corrected chi connectivity index (χ4v) is 5.01. The second-order valence-electron chi connectivity index (χ2n) is 9.05. The van der Waals surface area contributed by atoms with E-state index in [9.17, 15) is 13.2 Å². The standard InChI is InChI=1S/C25H24F3N5O/c1-15-13-29-10-9-19(15)31-23-24(34-23)33-18-6-3-11-32(14-18)21-8-7-20(30-22(21)33)16-4-2-5-17(12-16)25(26,27)28/h2,4-5,7-10,12-13,18,23-24H,3,6,11,14H2,1H3,(H,29,31)/t18-,23?,24?/m0/s1. The molecule has 2 aromatic heterocycles. The smallest absolute Gasteiger partial charge is 0.366 e. The summed E-state index contributed by atoms with van der Waals surface area (Å²) < 4.78 is 45.9. The Kier molecular flexibility index (Phi) is 4.91. The minimum Gasteiger partial charge on any atom is -0.366 e. The number of aryl methyl sites for hydroxylation is 1. The maximum absolute atomic E-state index is 13.3. The molecule has 3 aliphatic rings. The van der Waals surface area contributed by atoms with Crippen LogP contribution in [-0.4, -0.2) is 41.6 Å². The average Bonchev–Trinajstić information content (AvgIpc) is 3.58. The first kappa shape index (κ1) is 21.2. The highest BCUT2D eigenvalue weighted by molar-refractivity contribution is 5.76. The Labute approximate surface area is 195 Å². The Hall–Kier alpha value is -3.33. The van der Waals surface area contributed by atoms with E-state index in [1.807, 2.05) is 25.1 Å². The van der Waals surface area contributed by atoms with Gasteiger partial charge in [0.1, 0.15) is 0 Å². The first-order valence-electron chi connectivity index (χ1n) is 11.4. The molecular weight excluding hydrogens is 443 g/mol. The van der Waals surface area contributed by atoms with Gasteiger partial charge < -0.3 is 19.9 Å². The van der Waals surface area contributed by atoms with Gasteiger partial charge in [-0.3, -0.25) is 4.98 Å². The Morgan fingerprint density at radius 2 is 2.03 bits per heavy atom. The molecule has 0 radical (unpaired) electrons. The highest BCUT2D eigenvalue weighted by atomic mass is 19.4. The summed E-state index contributed by atoms with van der Waals surface area (Å²) in [6, 6.07) is 11.3. The third kappa shape index (κ3) is 3.73. The van der Waals surface area contributed by atoms with Crippen LogP contribution in [0.5, 0.6) is 0 Å². The molecule has 34 heavy (non-hydrogen) atoms. The van der Waals surface area contributed by atoms with Crippen LogP contribution in [0, 0.1) is 6.92 Å². The number of pyridine rings is 2. The Balaban J connectivity index is 1.34. The molecule has 1 aromatic carbocycles. The number of benzene rings is 1. The second-order valence-corrected chi connectivity index (χ2v) is 9.05. The van der Waals surface area contributed by atoms with Crippen LogP contribution in [-0.2, 0) is 10.9 Å². The van der Waals surface area contributed by atoms with Gasteiger partial charge in [0.15, 0.2) is 18.3 Å². The largest absolute Gasteiger partial charge is 0.416 e. The number of rotatable bonds is 4. The summed E-state index contributed by atoms with van der Waals surface area (Å²) in [6.07, 6.45) is 0.853. The summed E-state index contributed by atoms with van der Waals surface area (Å²) in [4.78, 5) is 13.6. The van der Waals surface area contributed by atoms with Gasteiger partial charge in [-0.2, -0.15) is 13.2 Å². The van der Waals surface area contributed by atoms with E-state index in [0.717, 1.165) is 60.8 Å². The van der Waals surface area contributed by atoms with Crippen LogP contribution in [0.25, 0.3) is 11.3 Å². The summed E-state index contributed by atoms with van der Waals surface area (Å²) in [5, 5.41) is 3.44. The van der Waals surface area contributed by atoms with Crippen molar-refractivity contribution in [1.82, 2.24) is 9.97 Å². The third-order valence-electron chi connectivity index (χ3n) is 6.78. The van der Waals surface area contributed by atoms with Gasteiger partial charge in [-0.25, -0.2) is 4.98 Å². The van der Waals surface area contributed by atoms with Gasteiger partial charge in [0.05, 0.1) is 23.0 Å². The molecule has 1 N–H and O–H groups in total. The van der Waals surface area contributed by atoms with E-state index in [0.29, 0.717) is 11.3 Å². The van der Waals surface area contributed by atoms with E-state index in [2.05, 4.69) is 20.1 Å². The fourth-order valence-electron chi connectivity index (χ4n) is 5.01. The number of anilines is 3. The van der Waals surface area contributed by atoms with Crippen LogP contribution in [0.2, 0.25) is 0 Å². The summed E-state index contributed by atoms with van der Waals surface area (Å²) in [5.74, 6) is 0.770. The number of alkyl halides is 3. The van der Waals surface area contributed by atoms with E-state index in [-0.39, 0.29) is 18.5 Å². The van der Waals surface area contributed by atoms with Crippen LogP contribution in [0.3, 0.4) is 0 Å². The van der Waals surface area contributed by atoms with Gasteiger partial charge in [0.2, 0.25) is 0 Å². The summed E-state index contributed by atoms with van der Waals surface area (Å²) in [5.41, 5.74) is 3.29. The van der Waals surface area contributed by atoms with Gasteiger partial charge in [0, 0.05) is 36.7 Å². The second kappa shape index (κ2) is 7.87. The van der Waals surface area contributed by atoms with Crippen molar-refractivity contribution in [2.24, 2.45) is 0 Å². The molecular formula is C25H24F3N5O. The number of fused-ring (bicyclic) bond motifs is 4. The highest BCUT2D eigenvalue weighted by Gasteiger charge is 2.50. The van der Waals surface area contributed by atoms with Crippen LogP contribution in [0.4, 0.5) is 30.4 Å². The SMILES string of the molecule is Cc1cnccc1NC1OC1N1c2nc(-c3cccc(C(F)(F)F)c3)ccc2N2CCC[C@H]1C2. The molecule has 0 amide bonds. The summed E-state index contributed by atoms with van der Waals surface area (Å²) >= 11 is 0. The van der Waals surface area contributed by atoms with Crippen LogP contribution in [0.1, 0.15) is 24.0 Å². The molecule has 2 fully saturated rings. The van der Waals surface area contributed by atoms with E-state index in [1.165, 1.54) is 6.07 Å². The number of hydrogen-bond acceptors (Lipinski definition) is 6. The molecule has 6 rings (SSSR count). The normalized spacial score (nSPS) is 23.5. The van der Waals surface area contributed by atoms with Gasteiger partial charge in [-0.1, -0.05) is 12.1 Å². The molecule has 0 aliphatic carbocycles. The molecule has 176 valence electrons. The van der Waals surface area contributed by atoms with Gasteiger partial charge in [-0.05, 0) is 55.7 Å². The lowest BCUT2D eigenvalue weighted by Crippen LogP contribution is -2.54. The van der Waals surface area contributed by atoms with Crippen LogP contribution >= 0.6 is 0 Å². The van der Waals surface area contributed by atoms with Crippen LogP contribution in [0.15, 0.2) is 54.9 Å². The maximum Gasteiger partial charge on any atom is 0.416 e. The molecule has 2 bridgehead atoms. The predicted molar refractivity (Wildman–Crippen MR) is 124 cm³/mol. The molecule has 3 atom stereocenters. The Morgan fingerprint density at radius 3 is 2.85 bits per heavy atom. The number of nitrogens with one attached hydrogen (secondary N) is 1. The van der Waals surface area contributed by atoms with Crippen molar-refractivity contribution < 1.29 is 17.9 Å². The van der Waals surface area contributed by atoms with Gasteiger partial charge >= 0.3 is 6.18 Å². The maximum atomic E-state index is 13.3. The minimum absolute atomic E-state index is 0.193. The first-order valence-corrected chi connectivity index (χ1v) is 11.4. The highest BCUT2D eigenvalue weighted by Crippen LogP contribution is 2.44. The molecule has 0 saturated carbocycles. The molecule has 2 saturated heterocycles. The zero-order valence-electron chi connectivity index (χ0n) is 18.6. The van der Waals surface area contributed by atoms with Crippen molar-refractivity contribution in [1.29, 1.82) is 0 Å². The van der Waals surface area contributed by atoms with Crippen molar-refractivity contribution in [2.75, 3.05) is 28.2 Å². The quantitative estimate of drug-likeness (QED) is 0.542. The van der Waals surface area contributed by atoms with Crippen molar-refractivity contribution in [3.63, 3.8) is 0 Å². The van der Waals surface area contributed by atoms with E-state index in [1.54, 1.807) is 18.5 Å². The van der Waals surface area contributed by atoms with Crippen molar-refractivity contribution in [2.45, 2.75) is 44.4 Å². The van der Waals surface area contributed by atoms with E-state index >= 15 is 0 Å². The van der Waals surface area contributed by atoms with E-state index in [4.69, 9.17) is 9.72 Å². The van der Waals surface area contributed by atoms with Crippen molar-refractivity contribution in [3.05, 3.63) is 66.0 Å². The molecule has 3 aromatic rings. The lowest BCUT2D eigenvalue weighted by molar-refractivity contribution is -0.137. The molecule has 5 heterocycles. The Morgan fingerprint density at radius 1 is 1.15 bits per heavy atom. The number of aromatic nitrogens is 2. The Bertz CT molecular complexity index is 1230. The molecule has 0 spiro atoms. The number of ether oxygens (including phenoxy) is 1. The minimum atomic E-state index is -4.40.